The van der Waals surface area contributed by atoms with E-state index in [0.29, 0.717) is 4.90 Å². The van der Waals surface area contributed by atoms with Gasteiger partial charge in [0.15, 0.2) is 9.84 Å². The highest BCUT2D eigenvalue weighted by Gasteiger charge is 2.22. The molecule has 0 spiro atoms. The number of H-pyrrole nitrogens is 1. The van der Waals surface area contributed by atoms with Gasteiger partial charge in [0.05, 0.1) is 4.90 Å². The number of rotatable bonds is 6. The fraction of sp³-hybridized carbons (Fsp3) is 0.529. The summed E-state index contributed by atoms with van der Waals surface area (Å²) in [7, 11) is 0.825. The predicted molar refractivity (Wildman–Crippen MR) is 93.4 cm³/mol. The third-order valence-corrected chi connectivity index (χ3v) is 6.15. The Kier molecular flexibility index (Phi) is 4.75. The van der Waals surface area contributed by atoms with Crippen LogP contribution in [0.2, 0.25) is 0 Å². The van der Waals surface area contributed by atoms with Crippen LogP contribution in [0.3, 0.4) is 0 Å². The molecule has 5 nitrogen and oxygen atoms in total. The predicted octanol–water partition coefficient (Wildman–Crippen LogP) is 2.10. The quantitative estimate of drug-likeness (QED) is 0.878. The van der Waals surface area contributed by atoms with Gasteiger partial charge in [0.25, 0.3) is 0 Å². The van der Waals surface area contributed by atoms with E-state index in [-0.39, 0.29) is 5.88 Å². The summed E-state index contributed by atoms with van der Waals surface area (Å²) in [5.41, 5.74) is 2.17. The van der Waals surface area contributed by atoms with E-state index in [2.05, 4.69) is 9.88 Å². The second-order valence-electron chi connectivity index (χ2n) is 6.64. The number of hydrogen-bond acceptors (Lipinski definition) is 4. The van der Waals surface area contributed by atoms with E-state index >= 15 is 0 Å². The molecule has 0 amide bonds. The van der Waals surface area contributed by atoms with Gasteiger partial charge in [-0.2, -0.15) is 0 Å². The second kappa shape index (κ2) is 6.63. The van der Waals surface area contributed by atoms with Crippen LogP contribution in [-0.4, -0.2) is 62.8 Å². The molecule has 0 bridgehead atoms. The van der Waals surface area contributed by atoms with Crippen LogP contribution in [0.4, 0.5) is 0 Å². The van der Waals surface area contributed by atoms with Crippen molar-refractivity contribution in [1.82, 2.24) is 14.8 Å². The molecule has 0 radical (unpaired) electrons. The molecule has 1 aliphatic heterocycles. The first-order valence-electron chi connectivity index (χ1n) is 8.15. The highest BCUT2D eigenvalue weighted by atomic mass is 32.2. The van der Waals surface area contributed by atoms with Crippen LogP contribution in [0.1, 0.15) is 18.4 Å². The van der Waals surface area contributed by atoms with Gasteiger partial charge in [-0.05, 0) is 70.2 Å². The zero-order valence-corrected chi connectivity index (χ0v) is 14.7. The summed E-state index contributed by atoms with van der Waals surface area (Å²) in [6.45, 7) is 2.72. The van der Waals surface area contributed by atoms with E-state index in [9.17, 15) is 8.42 Å². The summed E-state index contributed by atoms with van der Waals surface area (Å²) in [5.74, 6) is 0.135. The number of nitrogens with one attached hydrogen (secondary N) is 1. The number of sulfone groups is 1. The molecule has 0 unspecified atom stereocenters. The summed E-state index contributed by atoms with van der Waals surface area (Å²) in [6.07, 6.45) is 5.09. The molecule has 6 heteroatoms. The third kappa shape index (κ3) is 3.76. The lowest BCUT2D eigenvalue weighted by atomic mass is 10.1. The first-order chi connectivity index (χ1) is 11.0. The zero-order chi connectivity index (χ0) is 16.4. The van der Waals surface area contributed by atoms with Crippen LogP contribution >= 0.6 is 0 Å². The molecular formula is C17H25N3O2S. The van der Waals surface area contributed by atoms with Gasteiger partial charge in [-0.3, -0.25) is 4.90 Å². The Balaban J connectivity index is 1.87. The summed E-state index contributed by atoms with van der Waals surface area (Å²) >= 11 is 0. The SMILES string of the molecule is CN(C)CCc1c[nH]c2ccc(S(=O)(=O)CN3CCCC3)cc12. The topological polar surface area (TPSA) is 56.4 Å². The maximum Gasteiger partial charge on any atom is 0.191 e. The highest BCUT2D eigenvalue weighted by Crippen LogP contribution is 2.24. The fourth-order valence-electron chi connectivity index (χ4n) is 3.13. The van der Waals surface area contributed by atoms with Gasteiger partial charge in [0.1, 0.15) is 5.88 Å². The molecule has 1 aliphatic rings. The number of aromatic nitrogens is 1. The normalized spacial score (nSPS) is 16.7. The van der Waals surface area contributed by atoms with Crippen molar-refractivity contribution in [2.24, 2.45) is 0 Å². The van der Waals surface area contributed by atoms with E-state index in [1.165, 1.54) is 5.56 Å². The summed E-state index contributed by atoms with van der Waals surface area (Å²) < 4.78 is 25.3. The monoisotopic (exact) mass is 335 g/mol. The van der Waals surface area contributed by atoms with Gasteiger partial charge < -0.3 is 9.88 Å². The minimum absolute atomic E-state index is 0.135. The summed E-state index contributed by atoms with van der Waals surface area (Å²) in [6, 6.07) is 5.44. The van der Waals surface area contributed by atoms with Crippen molar-refractivity contribution < 1.29 is 8.42 Å². The zero-order valence-electron chi connectivity index (χ0n) is 13.9. The Hall–Kier alpha value is -1.37. The Morgan fingerprint density at radius 3 is 2.65 bits per heavy atom. The van der Waals surface area contributed by atoms with Crippen molar-refractivity contribution in [3.8, 4) is 0 Å². The average molecular weight is 335 g/mol. The van der Waals surface area contributed by atoms with E-state index < -0.39 is 9.84 Å². The standard InChI is InChI=1S/C17H25N3O2S/c1-19(2)10-7-14-12-18-17-6-5-15(11-16(14)17)23(21,22)13-20-8-3-4-9-20/h5-6,11-12,18H,3-4,7-10,13H2,1-2H3. The molecule has 1 N–H and O–H groups in total. The number of likely N-dealkylation sites (tertiary alicyclic amines) is 1. The number of fused-ring (bicyclic) bond motifs is 1. The molecule has 1 fully saturated rings. The molecule has 0 atom stereocenters. The van der Waals surface area contributed by atoms with Gasteiger partial charge in [0, 0.05) is 23.6 Å². The third-order valence-electron chi connectivity index (χ3n) is 4.48. The molecule has 2 heterocycles. The number of benzene rings is 1. The molecule has 23 heavy (non-hydrogen) atoms. The van der Waals surface area contributed by atoms with Crippen molar-refractivity contribution in [2.75, 3.05) is 39.6 Å². The van der Waals surface area contributed by atoms with Crippen molar-refractivity contribution in [2.45, 2.75) is 24.2 Å². The Bertz CT molecular complexity index is 774. The minimum atomic E-state index is -3.26. The summed E-state index contributed by atoms with van der Waals surface area (Å²) in [5, 5.41) is 1.02. The lowest BCUT2D eigenvalue weighted by Crippen LogP contribution is -2.27. The molecule has 0 aliphatic carbocycles. The van der Waals surface area contributed by atoms with Crippen molar-refractivity contribution >= 4 is 20.7 Å². The van der Waals surface area contributed by atoms with Crippen molar-refractivity contribution in [3.05, 3.63) is 30.0 Å². The molecule has 1 saturated heterocycles. The molecule has 126 valence electrons. The first-order valence-corrected chi connectivity index (χ1v) is 9.81. The number of hydrogen-bond donors (Lipinski definition) is 1. The van der Waals surface area contributed by atoms with Gasteiger partial charge in [-0.25, -0.2) is 8.42 Å². The number of likely N-dealkylation sites (N-methyl/N-ethyl adjacent to an activating group) is 1. The van der Waals surface area contributed by atoms with Crippen LogP contribution in [0.25, 0.3) is 10.9 Å². The maximum atomic E-state index is 12.7. The Morgan fingerprint density at radius 2 is 1.96 bits per heavy atom. The largest absolute Gasteiger partial charge is 0.361 e. The smallest absolute Gasteiger partial charge is 0.191 e. The first kappa shape index (κ1) is 16.5. The van der Waals surface area contributed by atoms with Crippen LogP contribution in [0.15, 0.2) is 29.3 Å². The van der Waals surface area contributed by atoms with Gasteiger partial charge in [-0.1, -0.05) is 0 Å². The van der Waals surface area contributed by atoms with E-state index in [0.717, 1.165) is 49.8 Å². The second-order valence-corrected chi connectivity index (χ2v) is 8.60. The van der Waals surface area contributed by atoms with Gasteiger partial charge in [0.2, 0.25) is 0 Å². The average Bonchev–Trinajstić information content (AvgIpc) is 3.13. The summed E-state index contributed by atoms with van der Waals surface area (Å²) in [4.78, 5) is 7.84. The number of aromatic amines is 1. The van der Waals surface area contributed by atoms with Crippen molar-refractivity contribution in [3.63, 3.8) is 0 Å². The molecule has 3 rings (SSSR count). The van der Waals surface area contributed by atoms with Crippen LogP contribution in [-0.2, 0) is 16.3 Å². The van der Waals surface area contributed by atoms with Gasteiger partial charge in [-0.15, -0.1) is 0 Å². The van der Waals surface area contributed by atoms with E-state index in [1.807, 2.05) is 37.3 Å². The van der Waals surface area contributed by atoms with E-state index in [4.69, 9.17) is 0 Å². The maximum absolute atomic E-state index is 12.7. The molecule has 1 aromatic carbocycles. The molecule has 0 saturated carbocycles. The molecular weight excluding hydrogens is 310 g/mol. The molecule has 2 aromatic rings. The van der Waals surface area contributed by atoms with Crippen LogP contribution < -0.4 is 0 Å². The van der Waals surface area contributed by atoms with Gasteiger partial charge >= 0.3 is 0 Å². The lowest BCUT2D eigenvalue weighted by molar-refractivity contribution is 0.388. The number of nitrogens with zero attached hydrogens (tertiary/aromatic N) is 2. The van der Waals surface area contributed by atoms with E-state index in [1.54, 1.807) is 6.07 Å². The minimum Gasteiger partial charge on any atom is -0.361 e. The lowest BCUT2D eigenvalue weighted by Gasteiger charge is -2.15. The van der Waals surface area contributed by atoms with Crippen molar-refractivity contribution in [1.29, 1.82) is 0 Å². The Labute approximate surface area is 138 Å². The van der Waals surface area contributed by atoms with Crippen LogP contribution in [0.5, 0.6) is 0 Å². The Morgan fingerprint density at radius 1 is 1.22 bits per heavy atom. The molecule has 1 aromatic heterocycles. The highest BCUT2D eigenvalue weighted by molar-refractivity contribution is 7.91. The fourth-order valence-corrected chi connectivity index (χ4v) is 4.59. The van der Waals surface area contributed by atoms with Crippen LogP contribution in [0, 0.1) is 0 Å².